The fourth-order valence-electron chi connectivity index (χ4n) is 5.22. The summed E-state index contributed by atoms with van der Waals surface area (Å²) < 4.78 is 27.9. The third-order valence-electron chi connectivity index (χ3n) is 7.67. The number of fused-ring (bicyclic) bond motifs is 1. The van der Waals surface area contributed by atoms with Crippen LogP contribution < -0.4 is 14.2 Å². The number of rotatable bonds is 7. The van der Waals surface area contributed by atoms with Crippen molar-refractivity contribution in [1.82, 2.24) is 0 Å². The van der Waals surface area contributed by atoms with Crippen LogP contribution in [0.15, 0.2) is 30.3 Å². The molecule has 2 saturated heterocycles. The largest absolute Gasteiger partial charge is 0.508 e. The maximum absolute atomic E-state index is 11.0. The Morgan fingerprint density at radius 3 is 1.79 bits per heavy atom. The fraction of sp³-hybridized carbons (Fsp3) is 0.556. The zero-order valence-corrected chi connectivity index (χ0v) is 22.4. The van der Waals surface area contributed by atoms with Gasteiger partial charge in [-0.2, -0.15) is 0 Å². The highest BCUT2D eigenvalue weighted by molar-refractivity contribution is 5.53. The zero-order chi connectivity index (χ0) is 31.2. The van der Waals surface area contributed by atoms with Crippen LogP contribution in [0.25, 0.3) is 0 Å². The molecule has 12 atom stereocenters. The van der Waals surface area contributed by atoms with Crippen molar-refractivity contribution in [2.24, 2.45) is 0 Å². The molecule has 2 aromatic rings. The molecule has 238 valence electrons. The average Bonchev–Trinajstić information content (AvgIpc) is 2.98. The first-order chi connectivity index (χ1) is 20.4. The lowest BCUT2D eigenvalue weighted by Crippen LogP contribution is -2.60. The first-order valence-electron chi connectivity index (χ1n) is 13.4. The van der Waals surface area contributed by atoms with E-state index in [0.717, 1.165) is 0 Å². The van der Waals surface area contributed by atoms with Gasteiger partial charge in [-0.05, 0) is 17.7 Å². The van der Waals surface area contributed by atoms with E-state index >= 15 is 0 Å². The van der Waals surface area contributed by atoms with Gasteiger partial charge in [0.15, 0.2) is 11.5 Å². The highest BCUT2D eigenvalue weighted by atomic mass is 16.7. The Bertz CT molecular complexity index is 1270. The predicted octanol–water partition coefficient (Wildman–Crippen LogP) is -3.51. The quantitative estimate of drug-likeness (QED) is 0.144. The van der Waals surface area contributed by atoms with Crippen molar-refractivity contribution in [1.29, 1.82) is 0 Å². The highest BCUT2D eigenvalue weighted by Crippen LogP contribution is 2.44. The molecule has 0 saturated carbocycles. The molecule has 3 aliphatic heterocycles. The minimum atomic E-state index is -1.74. The SMILES string of the molecule is OC[C@H]1O[C@@H](Oc2cc([C@H]3Oc4cc(O)cc(O[C@@H]5O[C@H](CO)[C@@H](O)[C@H](O)[C@H]5O)c4C[C@@H]3O)ccc2O)[C@H](O)[C@@H](O)[C@@H]1O. The predicted molar refractivity (Wildman–Crippen MR) is 138 cm³/mol. The number of ether oxygens (including phenoxy) is 5. The number of phenolic OH excluding ortho intramolecular Hbond substituents is 2. The molecule has 16 heteroatoms. The number of hydrogen-bond acceptors (Lipinski definition) is 16. The lowest BCUT2D eigenvalue weighted by Gasteiger charge is -2.40. The van der Waals surface area contributed by atoms with Gasteiger partial charge in [-0.25, -0.2) is 0 Å². The Kier molecular flexibility index (Phi) is 9.17. The number of phenols is 2. The van der Waals surface area contributed by atoms with E-state index in [4.69, 9.17) is 23.7 Å². The van der Waals surface area contributed by atoms with Crippen molar-refractivity contribution in [2.75, 3.05) is 13.2 Å². The molecule has 43 heavy (non-hydrogen) atoms. The van der Waals surface area contributed by atoms with E-state index in [-0.39, 0.29) is 40.5 Å². The van der Waals surface area contributed by atoms with Crippen LogP contribution in [0.2, 0.25) is 0 Å². The number of hydrogen-bond donors (Lipinski definition) is 11. The highest BCUT2D eigenvalue weighted by Gasteiger charge is 2.46. The summed E-state index contributed by atoms with van der Waals surface area (Å²) in [4.78, 5) is 0. The molecule has 0 amide bonds. The van der Waals surface area contributed by atoms with Crippen molar-refractivity contribution < 1.29 is 79.9 Å². The maximum Gasteiger partial charge on any atom is 0.229 e. The van der Waals surface area contributed by atoms with Crippen LogP contribution in [0.4, 0.5) is 0 Å². The second kappa shape index (κ2) is 12.5. The first kappa shape index (κ1) is 31.4. The van der Waals surface area contributed by atoms with Gasteiger partial charge >= 0.3 is 0 Å². The molecule has 0 spiro atoms. The molecule has 0 bridgehead atoms. The van der Waals surface area contributed by atoms with Gasteiger partial charge in [0.2, 0.25) is 12.6 Å². The molecule has 2 fully saturated rings. The summed E-state index contributed by atoms with van der Waals surface area (Å²) in [6.07, 6.45) is -18.2. The summed E-state index contributed by atoms with van der Waals surface area (Å²) in [6, 6.07) is 6.34. The van der Waals surface area contributed by atoms with Crippen molar-refractivity contribution in [3.8, 4) is 28.7 Å². The first-order valence-corrected chi connectivity index (χ1v) is 13.4. The van der Waals surface area contributed by atoms with E-state index in [1.54, 1.807) is 0 Å². The van der Waals surface area contributed by atoms with Gasteiger partial charge in [-0.1, -0.05) is 6.07 Å². The maximum atomic E-state index is 11.0. The molecule has 0 radical (unpaired) electrons. The van der Waals surface area contributed by atoms with Crippen molar-refractivity contribution in [2.45, 2.75) is 80.0 Å². The summed E-state index contributed by atoms with van der Waals surface area (Å²) in [5.74, 6) is -0.982. The summed E-state index contributed by atoms with van der Waals surface area (Å²) in [7, 11) is 0. The van der Waals surface area contributed by atoms with Crippen LogP contribution >= 0.6 is 0 Å². The minimum absolute atomic E-state index is 0.0689. The molecular weight excluding hydrogens is 580 g/mol. The number of aromatic hydroxyl groups is 2. The van der Waals surface area contributed by atoms with Crippen molar-refractivity contribution in [3.05, 3.63) is 41.5 Å². The van der Waals surface area contributed by atoms with Crippen LogP contribution in [0.3, 0.4) is 0 Å². The topological polar surface area (TPSA) is 269 Å². The van der Waals surface area contributed by atoms with Crippen molar-refractivity contribution in [3.63, 3.8) is 0 Å². The molecule has 3 aliphatic rings. The molecule has 0 unspecified atom stereocenters. The third-order valence-corrected chi connectivity index (χ3v) is 7.67. The molecular formula is C27H34O16. The van der Waals surface area contributed by atoms with Crippen LogP contribution in [0, 0.1) is 0 Å². The van der Waals surface area contributed by atoms with Gasteiger partial charge in [-0.15, -0.1) is 0 Å². The second-order valence-electron chi connectivity index (χ2n) is 10.6. The van der Waals surface area contributed by atoms with Crippen LogP contribution in [0.1, 0.15) is 17.2 Å². The molecule has 3 heterocycles. The molecule has 16 nitrogen and oxygen atoms in total. The molecule has 11 N–H and O–H groups in total. The number of benzene rings is 2. The second-order valence-corrected chi connectivity index (χ2v) is 10.6. The van der Waals surface area contributed by atoms with Gasteiger partial charge < -0.3 is 79.9 Å². The van der Waals surface area contributed by atoms with Gasteiger partial charge in [0.1, 0.15) is 72.2 Å². The van der Waals surface area contributed by atoms with E-state index in [2.05, 4.69) is 0 Å². The summed E-state index contributed by atoms with van der Waals surface area (Å²) in [5, 5.41) is 111. The summed E-state index contributed by atoms with van der Waals surface area (Å²) in [6.45, 7) is -1.37. The number of aliphatic hydroxyl groups excluding tert-OH is 9. The molecule has 0 aromatic heterocycles. The van der Waals surface area contributed by atoms with Gasteiger partial charge in [0.05, 0.1) is 19.3 Å². The summed E-state index contributed by atoms with van der Waals surface area (Å²) in [5.41, 5.74) is 0.533. The Balaban J connectivity index is 1.37. The zero-order valence-electron chi connectivity index (χ0n) is 22.4. The Labute approximate surface area is 243 Å². The Hall–Kier alpha value is -3.00. The van der Waals surface area contributed by atoms with Gasteiger partial charge in [0.25, 0.3) is 0 Å². The van der Waals surface area contributed by atoms with Gasteiger partial charge in [0, 0.05) is 24.1 Å². The third kappa shape index (κ3) is 6.04. The molecule has 0 aliphatic carbocycles. The van der Waals surface area contributed by atoms with E-state index in [9.17, 15) is 56.2 Å². The van der Waals surface area contributed by atoms with E-state index in [0.29, 0.717) is 0 Å². The lowest BCUT2D eigenvalue weighted by atomic mass is 9.93. The minimum Gasteiger partial charge on any atom is -0.508 e. The average molecular weight is 615 g/mol. The lowest BCUT2D eigenvalue weighted by molar-refractivity contribution is -0.277. The van der Waals surface area contributed by atoms with Crippen molar-refractivity contribution >= 4 is 0 Å². The van der Waals surface area contributed by atoms with Crippen LogP contribution in [-0.2, 0) is 15.9 Å². The normalized spacial score (nSPS) is 37.7. The van der Waals surface area contributed by atoms with E-state index < -0.39 is 92.6 Å². The summed E-state index contributed by atoms with van der Waals surface area (Å²) >= 11 is 0. The van der Waals surface area contributed by atoms with E-state index in [1.165, 1.54) is 30.3 Å². The van der Waals surface area contributed by atoms with E-state index in [1.807, 2.05) is 0 Å². The Morgan fingerprint density at radius 2 is 1.23 bits per heavy atom. The smallest absolute Gasteiger partial charge is 0.229 e. The Morgan fingerprint density at radius 1 is 0.674 bits per heavy atom. The van der Waals surface area contributed by atoms with Gasteiger partial charge in [-0.3, -0.25) is 0 Å². The van der Waals surface area contributed by atoms with Crippen LogP contribution in [-0.4, -0.2) is 137 Å². The monoisotopic (exact) mass is 614 g/mol. The van der Waals surface area contributed by atoms with Crippen LogP contribution in [0.5, 0.6) is 28.7 Å². The molecule has 5 rings (SSSR count). The fourth-order valence-corrected chi connectivity index (χ4v) is 5.22. The standard InChI is InChI=1S/C27H34O16/c28-7-17-19(33)21(35)23(37)26(42-17)40-15-5-10(30)4-14-11(15)6-13(32)25(39-14)9-1-2-12(31)16(3-9)41-27-24(38)22(36)20(34)18(8-29)43-27/h1-5,13,17-38H,6-8H2/t13-,17+,18+,19+,20+,21-,22-,23+,24+,25+,26+,27+/m0/s1. The number of aliphatic hydroxyl groups is 9. The molecule has 2 aromatic carbocycles.